The summed E-state index contributed by atoms with van der Waals surface area (Å²) in [6.07, 6.45) is -4.39. The molecular weight excluding hydrogens is 397 g/mol. The summed E-state index contributed by atoms with van der Waals surface area (Å²) in [4.78, 5) is 4.06. The van der Waals surface area contributed by atoms with E-state index >= 15 is 0 Å². The van der Waals surface area contributed by atoms with Crippen molar-refractivity contribution in [3.8, 4) is 11.5 Å². The van der Waals surface area contributed by atoms with Crippen LogP contribution in [-0.4, -0.2) is 32.4 Å². The highest BCUT2D eigenvalue weighted by Crippen LogP contribution is 2.19. The van der Waals surface area contributed by atoms with Crippen LogP contribution in [0.25, 0.3) is 0 Å². The van der Waals surface area contributed by atoms with E-state index in [1.807, 2.05) is 0 Å². The number of aliphatic imine (C=N–C) groups is 1. The smallest absolute Gasteiger partial charge is 0.422 e. The highest BCUT2D eigenvalue weighted by atomic mass is 19.4. The van der Waals surface area contributed by atoms with E-state index in [1.54, 1.807) is 31.3 Å². The molecule has 0 radical (unpaired) electrons. The highest BCUT2D eigenvalue weighted by Gasteiger charge is 2.28. The lowest BCUT2D eigenvalue weighted by Crippen LogP contribution is -2.36. The number of halogens is 5. The second kappa shape index (κ2) is 10.5. The zero-order valence-electron chi connectivity index (χ0n) is 15.5. The van der Waals surface area contributed by atoms with Gasteiger partial charge in [-0.05, 0) is 35.4 Å². The van der Waals surface area contributed by atoms with Crippen molar-refractivity contribution in [1.29, 1.82) is 0 Å². The van der Waals surface area contributed by atoms with Crippen molar-refractivity contribution in [2.45, 2.75) is 25.9 Å². The molecular formula is C19H20F5N3O2. The standard InChI is InChI=1S/C19H20F5N3O2/c1-25-18(27-11-14-3-2-4-16(9-14)29-17(20)21)26-10-13-5-7-15(8-6-13)28-12-19(22,23)24/h2-9,17H,10-12H2,1H3,(H2,25,26,27). The molecule has 10 heteroatoms. The molecule has 5 nitrogen and oxygen atoms in total. The number of alkyl halides is 5. The van der Waals surface area contributed by atoms with E-state index in [0.717, 1.165) is 11.1 Å². The minimum atomic E-state index is -4.39. The normalized spacial score (nSPS) is 12.0. The number of ether oxygens (including phenoxy) is 2. The second-order valence-electron chi connectivity index (χ2n) is 5.85. The van der Waals surface area contributed by atoms with Gasteiger partial charge in [-0.2, -0.15) is 22.0 Å². The average Bonchev–Trinajstić information content (AvgIpc) is 2.66. The summed E-state index contributed by atoms with van der Waals surface area (Å²) in [6, 6.07) is 12.5. The van der Waals surface area contributed by atoms with Crippen LogP contribution in [0.1, 0.15) is 11.1 Å². The quantitative estimate of drug-likeness (QED) is 0.386. The number of hydrogen-bond acceptors (Lipinski definition) is 3. The fraction of sp³-hybridized carbons (Fsp3) is 0.316. The predicted octanol–water partition coefficient (Wildman–Crippen LogP) is 4.09. The van der Waals surface area contributed by atoms with Crippen LogP contribution in [0.2, 0.25) is 0 Å². The average molecular weight is 417 g/mol. The van der Waals surface area contributed by atoms with Gasteiger partial charge in [-0.3, -0.25) is 4.99 Å². The Morgan fingerprint density at radius 1 is 0.966 bits per heavy atom. The van der Waals surface area contributed by atoms with Crippen molar-refractivity contribution >= 4 is 5.96 Å². The van der Waals surface area contributed by atoms with Gasteiger partial charge in [0.25, 0.3) is 0 Å². The SMILES string of the molecule is CN=C(NCc1ccc(OCC(F)(F)F)cc1)NCc1cccc(OC(F)F)c1. The number of rotatable bonds is 8. The maximum Gasteiger partial charge on any atom is 0.422 e. The van der Waals surface area contributed by atoms with Crippen molar-refractivity contribution < 1.29 is 31.4 Å². The Labute approximate surface area is 164 Å². The first-order chi connectivity index (χ1) is 13.7. The largest absolute Gasteiger partial charge is 0.484 e. The molecule has 0 unspecified atom stereocenters. The molecule has 0 saturated heterocycles. The Kier molecular flexibility index (Phi) is 8.05. The lowest BCUT2D eigenvalue weighted by atomic mass is 10.2. The molecule has 0 spiro atoms. The molecule has 2 aromatic rings. The minimum Gasteiger partial charge on any atom is -0.484 e. The summed E-state index contributed by atoms with van der Waals surface area (Å²) in [5.74, 6) is 0.650. The van der Waals surface area contributed by atoms with Crippen LogP contribution in [0.4, 0.5) is 22.0 Å². The molecule has 2 aromatic carbocycles. The van der Waals surface area contributed by atoms with Crippen LogP contribution in [-0.2, 0) is 13.1 Å². The number of guanidine groups is 1. The van der Waals surface area contributed by atoms with E-state index in [-0.39, 0.29) is 11.5 Å². The molecule has 158 valence electrons. The summed E-state index contributed by atoms with van der Waals surface area (Å²) < 4.78 is 70.0. The summed E-state index contributed by atoms with van der Waals surface area (Å²) in [6.45, 7) is -3.54. The molecule has 0 heterocycles. The molecule has 0 fully saturated rings. The number of hydrogen-bond donors (Lipinski definition) is 2. The van der Waals surface area contributed by atoms with E-state index < -0.39 is 19.4 Å². The maximum absolute atomic E-state index is 12.3. The lowest BCUT2D eigenvalue weighted by molar-refractivity contribution is -0.153. The van der Waals surface area contributed by atoms with Gasteiger partial charge in [-0.1, -0.05) is 24.3 Å². The molecule has 29 heavy (non-hydrogen) atoms. The van der Waals surface area contributed by atoms with Crippen LogP contribution in [0.3, 0.4) is 0 Å². The van der Waals surface area contributed by atoms with Gasteiger partial charge in [-0.25, -0.2) is 0 Å². The Balaban J connectivity index is 1.82. The third-order valence-corrected chi connectivity index (χ3v) is 3.59. The molecule has 2 N–H and O–H groups in total. The highest BCUT2D eigenvalue weighted by molar-refractivity contribution is 5.79. The molecule has 0 aromatic heterocycles. The van der Waals surface area contributed by atoms with E-state index in [2.05, 4.69) is 25.1 Å². The molecule has 0 bridgehead atoms. The first-order valence-corrected chi connectivity index (χ1v) is 8.52. The zero-order chi connectivity index (χ0) is 21.3. The lowest BCUT2D eigenvalue weighted by Gasteiger charge is -2.13. The molecule has 0 aliphatic carbocycles. The fourth-order valence-electron chi connectivity index (χ4n) is 2.29. The van der Waals surface area contributed by atoms with E-state index in [9.17, 15) is 22.0 Å². The topological polar surface area (TPSA) is 54.9 Å². The fourth-order valence-corrected chi connectivity index (χ4v) is 2.29. The Morgan fingerprint density at radius 2 is 1.62 bits per heavy atom. The zero-order valence-corrected chi connectivity index (χ0v) is 15.5. The van der Waals surface area contributed by atoms with Gasteiger partial charge in [-0.15, -0.1) is 0 Å². The van der Waals surface area contributed by atoms with Crippen LogP contribution in [0, 0.1) is 0 Å². The minimum absolute atomic E-state index is 0.0649. The van der Waals surface area contributed by atoms with Gasteiger partial charge in [0.15, 0.2) is 12.6 Å². The first-order valence-electron chi connectivity index (χ1n) is 8.52. The predicted molar refractivity (Wildman–Crippen MR) is 98.1 cm³/mol. The monoisotopic (exact) mass is 417 g/mol. The van der Waals surface area contributed by atoms with Crippen LogP contribution >= 0.6 is 0 Å². The molecule has 2 rings (SSSR count). The number of nitrogens with one attached hydrogen (secondary N) is 2. The number of benzene rings is 2. The van der Waals surface area contributed by atoms with Crippen molar-refractivity contribution in [1.82, 2.24) is 10.6 Å². The van der Waals surface area contributed by atoms with Gasteiger partial charge >= 0.3 is 12.8 Å². The Morgan fingerprint density at radius 3 is 2.21 bits per heavy atom. The summed E-state index contributed by atoms with van der Waals surface area (Å²) in [5, 5.41) is 6.08. The Hall–Kier alpha value is -3.04. The van der Waals surface area contributed by atoms with Crippen LogP contribution < -0.4 is 20.1 Å². The van der Waals surface area contributed by atoms with E-state index in [1.165, 1.54) is 24.3 Å². The van der Waals surface area contributed by atoms with Gasteiger partial charge in [0.05, 0.1) is 0 Å². The Bertz CT molecular complexity index is 795. The van der Waals surface area contributed by atoms with E-state index in [4.69, 9.17) is 0 Å². The van der Waals surface area contributed by atoms with Crippen LogP contribution in [0.5, 0.6) is 11.5 Å². The summed E-state index contributed by atoms with van der Waals surface area (Å²) in [5.41, 5.74) is 1.52. The third-order valence-electron chi connectivity index (χ3n) is 3.59. The van der Waals surface area contributed by atoms with E-state index in [0.29, 0.717) is 19.0 Å². The maximum atomic E-state index is 12.3. The van der Waals surface area contributed by atoms with Gasteiger partial charge in [0.2, 0.25) is 0 Å². The van der Waals surface area contributed by atoms with Crippen molar-refractivity contribution in [3.63, 3.8) is 0 Å². The number of nitrogens with zero attached hydrogens (tertiary/aromatic N) is 1. The molecule has 0 atom stereocenters. The third kappa shape index (κ3) is 8.67. The van der Waals surface area contributed by atoms with Crippen molar-refractivity contribution in [3.05, 3.63) is 59.7 Å². The molecule has 0 saturated carbocycles. The van der Waals surface area contributed by atoms with Crippen LogP contribution in [0.15, 0.2) is 53.5 Å². The van der Waals surface area contributed by atoms with Crippen molar-refractivity contribution in [2.75, 3.05) is 13.7 Å². The summed E-state index contributed by atoms with van der Waals surface area (Å²) in [7, 11) is 1.57. The summed E-state index contributed by atoms with van der Waals surface area (Å²) >= 11 is 0. The van der Waals surface area contributed by atoms with Gasteiger partial charge in [0, 0.05) is 20.1 Å². The molecule has 0 amide bonds. The second-order valence-corrected chi connectivity index (χ2v) is 5.85. The molecule has 0 aliphatic heterocycles. The van der Waals surface area contributed by atoms with Gasteiger partial charge in [0.1, 0.15) is 11.5 Å². The van der Waals surface area contributed by atoms with Crippen molar-refractivity contribution in [2.24, 2.45) is 4.99 Å². The molecule has 0 aliphatic rings. The first kappa shape index (κ1) is 22.3. The van der Waals surface area contributed by atoms with Gasteiger partial charge < -0.3 is 20.1 Å².